The van der Waals surface area contributed by atoms with Crippen LogP contribution < -0.4 is 10.3 Å². The van der Waals surface area contributed by atoms with Crippen LogP contribution in [0.15, 0.2) is 53.5 Å². The number of nitro benzene ring substituents is 1. The fourth-order valence-corrected chi connectivity index (χ4v) is 2.15. The number of nitro groups is 1. The molecule has 0 aliphatic heterocycles. The van der Waals surface area contributed by atoms with Crippen LogP contribution in [0.2, 0.25) is 0 Å². The number of rotatable bonds is 4. The van der Waals surface area contributed by atoms with Gasteiger partial charge in [0.2, 0.25) is 0 Å². The van der Waals surface area contributed by atoms with Crippen LogP contribution in [-0.2, 0) is 6.61 Å². The van der Waals surface area contributed by atoms with Gasteiger partial charge in [-0.3, -0.25) is 19.3 Å². The third-order valence-corrected chi connectivity index (χ3v) is 3.31. The van der Waals surface area contributed by atoms with Crippen molar-refractivity contribution in [1.82, 2.24) is 9.38 Å². The first-order valence-corrected chi connectivity index (χ1v) is 6.89. The first kappa shape index (κ1) is 14.7. The molecule has 3 aromatic rings. The van der Waals surface area contributed by atoms with Gasteiger partial charge in [0.25, 0.3) is 11.2 Å². The molecule has 2 heterocycles. The van der Waals surface area contributed by atoms with Crippen molar-refractivity contribution < 1.29 is 9.66 Å². The summed E-state index contributed by atoms with van der Waals surface area (Å²) in [7, 11) is 0. The van der Waals surface area contributed by atoms with Gasteiger partial charge in [-0.25, -0.2) is 4.98 Å². The van der Waals surface area contributed by atoms with E-state index in [4.69, 9.17) is 4.74 Å². The molecule has 0 aliphatic rings. The minimum absolute atomic E-state index is 0.00472. The number of fused-ring (bicyclic) bond motifs is 1. The van der Waals surface area contributed by atoms with E-state index < -0.39 is 4.92 Å². The molecule has 0 unspecified atom stereocenters. The van der Waals surface area contributed by atoms with Crippen LogP contribution >= 0.6 is 0 Å². The van der Waals surface area contributed by atoms with Gasteiger partial charge in [0.1, 0.15) is 18.0 Å². The second kappa shape index (κ2) is 5.88. The Bertz CT molecular complexity index is 932. The number of benzene rings is 1. The van der Waals surface area contributed by atoms with E-state index in [2.05, 4.69) is 4.98 Å². The van der Waals surface area contributed by atoms with Gasteiger partial charge in [0.15, 0.2) is 0 Å². The second-order valence-electron chi connectivity index (χ2n) is 5.06. The van der Waals surface area contributed by atoms with E-state index in [0.717, 1.165) is 5.56 Å². The highest BCUT2D eigenvalue weighted by Crippen LogP contribution is 2.18. The van der Waals surface area contributed by atoms with Crippen molar-refractivity contribution >= 4 is 11.3 Å². The molecule has 0 spiro atoms. The number of nitrogens with zero attached hydrogens (tertiary/aromatic N) is 3. The maximum atomic E-state index is 12.0. The van der Waals surface area contributed by atoms with Gasteiger partial charge in [0, 0.05) is 24.4 Å². The quantitative estimate of drug-likeness (QED) is 0.545. The molecule has 7 heteroatoms. The van der Waals surface area contributed by atoms with Crippen molar-refractivity contribution in [2.45, 2.75) is 13.5 Å². The molecule has 1 aromatic carbocycles. The normalized spacial score (nSPS) is 10.7. The number of non-ortho nitro benzene ring substituents is 1. The molecule has 0 saturated heterocycles. The Labute approximate surface area is 130 Å². The Hall–Kier alpha value is -3.22. The van der Waals surface area contributed by atoms with Crippen LogP contribution in [0.25, 0.3) is 5.65 Å². The minimum Gasteiger partial charge on any atom is -0.487 e. The van der Waals surface area contributed by atoms with Crippen molar-refractivity contribution in [2.75, 3.05) is 0 Å². The highest BCUT2D eigenvalue weighted by atomic mass is 16.6. The molecule has 0 amide bonds. The molecule has 0 bridgehead atoms. The van der Waals surface area contributed by atoms with Gasteiger partial charge in [-0.05, 0) is 36.8 Å². The van der Waals surface area contributed by atoms with Crippen LogP contribution in [0.4, 0.5) is 5.69 Å². The smallest absolute Gasteiger partial charge is 0.269 e. The summed E-state index contributed by atoms with van der Waals surface area (Å²) in [6.07, 6.45) is 1.68. The number of hydrogen-bond acceptors (Lipinski definition) is 5. The Morgan fingerprint density at radius 2 is 1.96 bits per heavy atom. The summed E-state index contributed by atoms with van der Waals surface area (Å²) in [5.41, 5.74) is 1.87. The first-order chi connectivity index (χ1) is 11.0. The van der Waals surface area contributed by atoms with Crippen molar-refractivity contribution in [2.24, 2.45) is 0 Å². The highest BCUT2D eigenvalue weighted by molar-refractivity contribution is 5.41. The molecular formula is C16H13N3O4. The standard InChI is InChI=1S/C16H13N3O4/c1-11-6-7-18-15(8-11)17-12(9-16(18)20)10-23-14-4-2-13(3-5-14)19(21)22/h2-9H,10H2,1H3. The molecular weight excluding hydrogens is 298 g/mol. The van der Waals surface area contributed by atoms with Crippen molar-refractivity contribution in [3.8, 4) is 5.75 Å². The maximum absolute atomic E-state index is 12.0. The summed E-state index contributed by atoms with van der Waals surface area (Å²) < 4.78 is 6.99. The number of ether oxygens (including phenoxy) is 1. The van der Waals surface area contributed by atoms with Crippen LogP contribution in [0, 0.1) is 17.0 Å². The first-order valence-electron chi connectivity index (χ1n) is 6.89. The van der Waals surface area contributed by atoms with Gasteiger partial charge in [-0.1, -0.05) is 0 Å². The van der Waals surface area contributed by atoms with Crippen LogP contribution in [-0.4, -0.2) is 14.3 Å². The molecule has 23 heavy (non-hydrogen) atoms. The molecule has 0 fully saturated rings. The van der Waals surface area contributed by atoms with Gasteiger partial charge in [-0.2, -0.15) is 0 Å². The van der Waals surface area contributed by atoms with E-state index in [1.165, 1.54) is 34.7 Å². The average Bonchev–Trinajstić information content (AvgIpc) is 2.53. The summed E-state index contributed by atoms with van der Waals surface area (Å²) in [4.78, 5) is 26.5. The maximum Gasteiger partial charge on any atom is 0.269 e. The molecule has 3 rings (SSSR count). The zero-order chi connectivity index (χ0) is 16.4. The van der Waals surface area contributed by atoms with Gasteiger partial charge in [0.05, 0.1) is 10.6 Å². The van der Waals surface area contributed by atoms with E-state index in [-0.39, 0.29) is 17.9 Å². The average molecular weight is 311 g/mol. The second-order valence-corrected chi connectivity index (χ2v) is 5.06. The van der Waals surface area contributed by atoms with Crippen molar-refractivity contribution in [1.29, 1.82) is 0 Å². The molecule has 2 aromatic heterocycles. The zero-order valence-corrected chi connectivity index (χ0v) is 12.3. The lowest BCUT2D eigenvalue weighted by atomic mass is 10.3. The van der Waals surface area contributed by atoms with Gasteiger partial charge >= 0.3 is 0 Å². The summed E-state index contributed by atoms with van der Waals surface area (Å²) >= 11 is 0. The molecule has 0 N–H and O–H groups in total. The van der Waals surface area contributed by atoms with E-state index in [0.29, 0.717) is 17.1 Å². The Morgan fingerprint density at radius 3 is 2.65 bits per heavy atom. The van der Waals surface area contributed by atoms with Crippen LogP contribution in [0.1, 0.15) is 11.3 Å². The van der Waals surface area contributed by atoms with E-state index in [9.17, 15) is 14.9 Å². The zero-order valence-electron chi connectivity index (χ0n) is 12.3. The molecule has 0 atom stereocenters. The molecule has 116 valence electrons. The predicted molar refractivity (Wildman–Crippen MR) is 83.6 cm³/mol. The lowest BCUT2D eigenvalue weighted by molar-refractivity contribution is -0.384. The third-order valence-electron chi connectivity index (χ3n) is 3.31. The SMILES string of the molecule is Cc1ccn2c(=O)cc(COc3ccc([N+](=O)[O-])cc3)nc2c1. The van der Waals surface area contributed by atoms with Crippen molar-refractivity contribution in [3.05, 3.63) is 80.4 Å². The Morgan fingerprint density at radius 1 is 1.22 bits per heavy atom. The van der Waals surface area contributed by atoms with Crippen LogP contribution in [0.5, 0.6) is 5.75 Å². The summed E-state index contributed by atoms with van der Waals surface area (Å²) in [5, 5.41) is 10.6. The van der Waals surface area contributed by atoms with E-state index >= 15 is 0 Å². The lowest BCUT2D eigenvalue weighted by Gasteiger charge is -2.07. The summed E-state index contributed by atoms with van der Waals surface area (Å²) in [6, 6.07) is 10.8. The monoisotopic (exact) mass is 311 g/mol. The summed E-state index contributed by atoms with van der Waals surface area (Å²) in [6.45, 7) is 2.03. The van der Waals surface area contributed by atoms with E-state index in [1.807, 2.05) is 19.1 Å². The Balaban J connectivity index is 1.81. The number of aromatic nitrogens is 2. The predicted octanol–water partition coefficient (Wildman–Crippen LogP) is 2.49. The summed E-state index contributed by atoms with van der Waals surface area (Å²) in [5.74, 6) is 0.474. The van der Waals surface area contributed by atoms with Crippen LogP contribution in [0.3, 0.4) is 0 Å². The van der Waals surface area contributed by atoms with E-state index in [1.54, 1.807) is 6.20 Å². The topological polar surface area (TPSA) is 86.7 Å². The highest BCUT2D eigenvalue weighted by Gasteiger charge is 2.06. The fraction of sp³-hybridized carbons (Fsp3) is 0.125. The lowest BCUT2D eigenvalue weighted by Crippen LogP contribution is -2.16. The van der Waals surface area contributed by atoms with Gasteiger partial charge in [-0.15, -0.1) is 0 Å². The molecule has 0 saturated carbocycles. The molecule has 0 aliphatic carbocycles. The van der Waals surface area contributed by atoms with Crippen molar-refractivity contribution in [3.63, 3.8) is 0 Å². The molecule has 0 radical (unpaired) electrons. The fourth-order valence-electron chi connectivity index (χ4n) is 2.15. The number of hydrogen-bond donors (Lipinski definition) is 0. The molecule has 7 nitrogen and oxygen atoms in total. The van der Waals surface area contributed by atoms with Gasteiger partial charge < -0.3 is 4.74 Å². The largest absolute Gasteiger partial charge is 0.487 e. The minimum atomic E-state index is -0.474. The Kier molecular flexibility index (Phi) is 3.76. The third kappa shape index (κ3) is 3.18. The number of aryl methyl sites for hydroxylation is 1. The number of pyridine rings is 1.